The Balaban J connectivity index is 1.71. The lowest BCUT2D eigenvalue weighted by Gasteiger charge is -2.07. The second kappa shape index (κ2) is 7.01. The van der Waals surface area contributed by atoms with Crippen LogP contribution in [0.5, 0.6) is 5.75 Å². The molecule has 3 rings (SSSR count). The molecule has 2 N–H and O–H groups in total. The first-order chi connectivity index (χ1) is 11.2. The molecule has 0 spiro atoms. The Bertz CT molecular complexity index is 793. The third kappa shape index (κ3) is 3.92. The van der Waals surface area contributed by atoms with Crippen LogP contribution in [0.15, 0.2) is 54.7 Å². The van der Waals surface area contributed by atoms with Gasteiger partial charge >= 0.3 is 5.97 Å². The van der Waals surface area contributed by atoms with E-state index < -0.39 is 5.97 Å². The summed E-state index contributed by atoms with van der Waals surface area (Å²) in [5.74, 6) is 0.0668. The molecule has 0 fully saturated rings. The van der Waals surface area contributed by atoms with Crippen LogP contribution >= 0.6 is 0 Å². The van der Waals surface area contributed by atoms with Crippen LogP contribution in [-0.4, -0.2) is 16.1 Å². The van der Waals surface area contributed by atoms with E-state index >= 15 is 0 Å². The minimum atomic E-state index is -0.753. The molecule has 0 atom stereocenters. The lowest BCUT2D eigenvalue weighted by molar-refractivity contribution is -0.137. The third-order valence-corrected chi connectivity index (χ3v) is 3.82. The maximum absolute atomic E-state index is 10.6. The Hall–Kier alpha value is -2.75. The molecule has 0 aliphatic heterocycles. The van der Waals surface area contributed by atoms with Gasteiger partial charge in [-0.2, -0.15) is 0 Å². The van der Waals surface area contributed by atoms with Crippen LogP contribution in [0, 0.1) is 0 Å². The van der Waals surface area contributed by atoms with Gasteiger partial charge in [-0.25, -0.2) is 0 Å². The molecule has 118 valence electrons. The summed E-state index contributed by atoms with van der Waals surface area (Å²) in [7, 11) is 0. The van der Waals surface area contributed by atoms with Crippen LogP contribution in [0.1, 0.15) is 24.0 Å². The number of carboxylic acids is 1. The largest absolute Gasteiger partial charge is 0.489 e. The van der Waals surface area contributed by atoms with Crippen molar-refractivity contribution in [3.63, 3.8) is 0 Å². The number of ether oxygens (including phenoxy) is 1. The first-order valence-electron chi connectivity index (χ1n) is 7.71. The number of hydrogen-bond donors (Lipinski definition) is 2. The number of fused-ring (bicyclic) bond motifs is 1. The molecule has 4 heteroatoms. The predicted octanol–water partition coefficient (Wildman–Crippen LogP) is 4.15. The molecule has 0 aliphatic carbocycles. The van der Waals surface area contributed by atoms with E-state index in [1.54, 1.807) is 0 Å². The molecule has 1 heterocycles. The highest BCUT2D eigenvalue weighted by Gasteiger charge is 2.07. The molecule has 0 radical (unpaired) electrons. The number of nitrogens with one attached hydrogen (secondary N) is 1. The molecule has 0 aliphatic rings. The number of aliphatic carboxylic acids is 1. The molecule has 0 bridgehead atoms. The van der Waals surface area contributed by atoms with E-state index in [2.05, 4.69) is 4.98 Å². The van der Waals surface area contributed by atoms with Crippen molar-refractivity contribution in [2.24, 2.45) is 0 Å². The van der Waals surface area contributed by atoms with Crippen molar-refractivity contribution in [1.82, 2.24) is 4.98 Å². The minimum Gasteiger partial charge on any atom is -0.489 e. The highest BCUT2D eigenvalue weighted by molar-refractivity contribution is 5.84. The average molecular weight is 309 g/mol. The molecule has 0 unspecified atom stereocenters. The highest BCUT2D eigenvalue weighted by atomic mass is 16.5. The van der Waals surface area contributed by atoms with Gasteiger partial charge in [0, 0.05) is 23.5 Å². The molecule has 2 aromatic carbocycles. The summed E-state index contributed by atoms with van der Waals surface area (Å²) in [6.45, 7) is 0.533. The predicted molar refractivity (Wildman–Crippen MR) is 89.6 cm³/mol. The zero-order chi connectivity index (χ0) is 16.1. The fraction of sp³-hybridized carbons (Fsp3) is 0.211. The lowest BCUT2D eigenvalue weighted by Crippen LogP contribution is -1.96. The molecule has 3 aromatic rings. The second-order valence-corrected chi connectivity index (χ2v) is 5.54. The number of aromatic nitrogens is 1. The Morgan fingerprint density at radius 2 is 1.96 bits per heavy atom. The number of hydrogen-bond acceptors (Lipinski definition) is 2. The lowest BCUT2D eigenvalue weighted by atomic mass is 10.1. The van der Waals surface area contributed by atoms with E-state index in [-0.39, 0.29) is 6.42 Å². The van der Waals surface area contributed by atoms with Crippen LogP contribution in [0.4, 0.5) is 0 Å². The maximum atomic E-state index is 10.6. The first kappa shape index (κ1) is 15.2. The molecule has 0 amide bonds. The highest BCUT2D eigenvalue weighted by Crippen LogP contribution is 2.25. The smallest absolute Gasteiger partial charge is 0.303 e. The molecule has 4 nitrogen and oxygen atoms in total. The monoisotopic (exact) mass is 309 g/mol. The summed E-state index contributed by atoms with van der Waals surface area (Å²) >= 11 is 0. The van der Waals surface area contributed by atoms with Gasteiger partial charge in [-0.15, -0.1) is 0 Å². The van der Waals surface area contributed by atoms with Gasteiger partial charge in [0.1, 0.15) is 12.4 Å². The molecule has 0 saturated carbocycles. The second-order valence-electron chi connectivity index (χ2n) is 5.54. The van der Waals surface area contributed by atoms with Crippen molar-refractivity contribution in [2.45, 2.75) is 25.9 Å². The zero-order valence-corrected chi connectivity index (χ0v) is 12.8. The Labute approximate surface area is 134 Å². The van der Waals surface area contributed by atoms with Gasteiger partial charge < -0.3 is 14.8 Å². The summed E-state index contributed by atoms with van der Waals surface area (Å²) in [6, 6.07) is 16.0. The number of aryl methyl sites for hydroxylation is 1. The van der Waals surface area contributed by atoms with Gasteiger partial charge in [-0.3, -0.25) is 4.79 Å². The summed E-state index contributed by atoms with van der Waals surface area (Å²) in [4.78, 5) is 13.9. The van der Waals surface area contributed by atoms with Crippen LogP contribution in [0.2, 0.25) is 0 Å². The van der Waals surface area contributed by atoms with Crippen molar-refractivity contribution in [3.8, 4) is 5.75 Å². The summed E-state index contributed by atoms with van der Waals surface area (Å²) in [5, 5.41) is 9.85. The number of carbonyl (C=O) groups is 1. The van der Waals surface area contributed by atoms with Gasteiger partial charge in [0.25, 0.3) is 0 Å². The van der Waals surface area contributed by atoms with E-state index in [4.69, 9.17) is 9.84 Å². The van der Waals surface area contributed by atoms with Crippen LogP contribution in [0.3, 0.4) is 0 Å². The fourth-order valence-corrected chi connectivity index (χ4v) is 2.63. The minimum absolute atomic E-state index is 0.191. The van der Waals surface area contributed by atoms with Gasteiger partial charge in [0.15, 0.2) is 0 Å². The van der Waals surface area contributed by atoms with E-state index in [9.17, 15) is 4.79 Å². The van der Waals surface area contributed by atoms with Crippen molar-refractivity contribution >= 4 is 16.9 Å². The Morgan fingerprint density at radius 1 is 1.13 bits per heavy atom. The first-order valence-corrected chi connectivity index (χ1v) is 7.71. The summed E-state index contributed by atoms with van der Waals surface area (Å²) < 4.78 is 5.86. The summed E-state index contributed by atoms with van der Waals surface area (Å²) in [5.41, 5.74) is 3.30. The third-order valence-electron chi connectivity index (χ3n) is 3.82. The molecule has 23 heavy (non-hydrogen) atoms. The van der Waals surface area contributed by atoms with Gasteiger partial charge in [-0.05, 0) is 42.2 Å². The Morgan fingerprint density at radius 3 is 2.74 bits per heavy atom. The van der Waals surface area contributed by atoms with Crippen LogP contribution < -0.4 is 4.74 Å². The van der Waals surface area contributed by atoms with E-state index in [0.717, 1.165) is 34.2 Å². The number of benzene rings is 2. The topological polar surface area (TPSA) is 62.3 Å². The van der Waals surface area contributed by atoms with Crippen LogP contribution in [-0.2, 0) is 17.8 Å². The molecule has 0 saturated heterocycles. The Kier molecular flexibility index (Phi) is 4.62. The summed E-state index contributed by atoms with van der Waals surface area (Å²) in [6.07, 6.45) is 3.52. The standard InChI is InChI=1S/C19H19NO3/c21-19(22)8-4-7-15-12-20-18-10-9-16(11-17(15)18)23-13-14-5-2-1-3-6-14/h1-3,5-6,9-12,20H,4,7-8,13H2,(H,21,22). The SMILES string of the molecule is O=C(O)CCCc1c[nH]c2ccc(OCc3ccccc3)cc12. The number of rotatable bonds is 7. The van der Waals surface area contributed by atoms with E-state index in [0.29, 0.717) is 13.0 Å². The van der Waals surface area contributed by atoms with Gasteiger partial charge in [0.2, 0.25) is 0 Å². The number of carboxylic acid groups (broad SMARTS) is 1. The van der Waals surface area contributed by atoms with E-state index in [1.165, 1.54) is 0 Å². The van der Waals surface area contributed by atoms with Gasteiger partial charge in [-0.1, -0.05) is 30.3 Å². The number of H-pyrrole nitrogens is 1. The van der Waals surface area contributed by atoms with Crippen molar-refractivity contribution in [2.75, 3.05) is 0 Å². The quantitative estimate of drug-likeness (QED) is 0.689. The van der Waals surface area contributed by atoms with Crippen molar-refractivity contribution in [3.05, 3.63) is 65.9 Å². The normalized spacial score (nSPS) is 10.8. The molecular formula is C19H19NO3. The van der Waals surface area contributed by atoms with Gasteiger partial charge in [0.05, 0.1) is 0 Å². The van der Waals surface area contributed by atoms with Crippen molar-refractivity contribution < 1.29 is 14.6 Å². The fourth-order valence-electron chi connectivity index (χ4n) is 2.63. The average Bonchev–Trinajstić information content (AvgIpc) is 2.96. The van der Waals surface area contributed by atoms with Crippen molar-refractivity contribution in [1.29, 1.82) is 0 Å². The maximum Gasteiger partial charge on any atom is 0.303 e. The molecular weight excluding hydrogens is 290 g/mol. The van der Waals surface area contributed by atoms with Crippen LogP contribution in [0.25, 0.3) is 10.9 Å². The molecule has 1 aromatic heterocycles. The zero-order valence-electron chi connectivity index (χ0n) is 12.8. The van der Waals surface area contributed by atoms with E-state index in [1.807, 2.05) is 54.7 Å². The number of aromatic amines is 1.